The molecule has 2 amide bonds. The summed E-state index contributed by atoms with van der Waals surface area (Å²) in [5.41, 5.74) is 0. The van der Waals surface area contributed by atoms with Crippen molar-refractivity contribution in [1.29, 1.82) is 0 Å². The highest BCUT2D eigenvalue weighted by molar-refractivity contribution is 7.99. The van der Waals surface area contributed by atoms with Crippen LogP contribution in [-0.2, 0) is 4.79 Å². The van der Waals surface area contributed by atoms with Crippen molar-refractivity contribution in [2.24, 2.45) is 5.92 Å². The van der Waals surface area contributed by atoms with Crippen molar-refractivity contribution in [2.75, 3.05) is 12.8 Å². The molecule has 1 rings (SSSR count). The standard InChI is InChI=1S/C12H22N2O3S/c1-8(18-2)7-13-12(17)14-10-6-4-3-5-9(10)11(15)16/h8-10H,3-7H2,1-2H3,(H,15,16)(H2,13,14,17). The van der Waals surface area contributed by atoms with E-state index in [2.05, 4.69) is 10.6 Å². The normalized spacial score (nSPS) is 25.2. The predicted molar refractivity (Wildman–Crippen MR) is 72.9 cm³/mol. The lowest BCUT2D eigenvalue weighted by atomic mass is 9.84. The summed E-state index contributed by atoms with van der Waals surface area (Å²) in [4.78, 5) is 22.8. The number of hydrogen-bond donors (Lipinski definition) is 3. The number of carbonyl (C=O) groups is 2. The number of urea groups is 1. The molecule has 3 atom stereocenters. The number of thioether (sulfide) groups is 1. The van der Waals surface area contributed by atoms with Crippen LogP contribution in [0.2, 0.25) is 0 Å². The summed E-state index contributed by atoms with van der Waals surface area (Å²) in [7, 11) is 0. The third kappa shape index (κ3) is 4.76. The van der Waals surface area contributed by atoms with Crippen LogP contribution in [0.15, 0.2) is 0 Å². The van der Waals surface area contributed by atoms with E-state index in [0.717, 1.165) is 19.3 Å². The van der Waals surface area contributed by atoms with E-state index in [1.54, 1.807) is 11.8 Å². The van der Waals surface area contributed by atoms with Crippen LogP contribution in [0, 0.1) is 5.92 Å². The largest absolute Gasteiger partial charge is 0.481 e. The Labute approximate surface area is 112 Å². The van der Waals surface area contributed by atoms with E-state index in [-0.39, 0.29) is 12.1 Å². The quantitative estimate of drug-likeness (QED) is 0.713. The van der Waals surface area contributed by atoms with Gasteiger partial charge in [0.1, 0.15) is 0 Å². The van der Waals surface area contributed by atoms with Gasteiger partial charge in [0.2, 0.25) is 0 Å². The average molecular weight is 274 g/mol. The van der Waals surface area contributed by atoms with Gasteiger partial charge < -0.3 is 15.7 Å². The second kappa shape index (κ2) is 7.51. The number of aliphatic carboxylic acids is 1. The molecule has 6 heteroatoms. The Morgan fingerprint density at radius 1 is 1.39 bits per heavy atom. The van der Waals surface area contributed by atoms with Gasteiger partial charge in [-0.1, -0.05) is 19.8 Å². The van der Waals surface area contributed by atoms with Crippen LogP contribution in [-0.4, -0.2) is 41.2 Å². The molecule has 0 aromatic heterocycles. The van der Waals surface area contributed by atoms with E-state index in [0.29, 0.717) is 18.2 Å². The summed E-state index contributed by atoms with van der Waals surface area (Å²) in [6.07, 6.45) is 5.31. The van der Waals surface area contributed by atoms with Crippen molar-refractivity contribution in [3.8, 4) is 0 Å². The monoisotopic (exact) mass is 274 g/mol. The van der Waals surface area contributed by atoms with E-state index >= 15 is 0 Å². The molecule has 5 nitrogen and oxygen atoms in total. The molecule has 0 spiro atoms. The predicted octanol–water partition coefficient (Wildman–Crippen LogP) is 1.68. The molecular formula is C12H22N2O3S. The zero-order valence-corrected chi connectivity index (χ0v) is 11.8. The van der Waals surface area contributed by atoms with Crippen molar-refractivity contribution < 1.29 is 14.7 Å². The van der Waals surface area contributed by atoms with Crippen LogP contribution in [0.3, 0.4) is 0 Å². The van der Waals surface area contributed by atoms with Crippen molar-refractivity contribution in [2.45, 2.75) is 43.9 Å². The highest BCUT2D eigenvalue weighted by atomic mass is 32.2. The van der Waals surface area contributed by atoms with Crippen LogP contribution in [0.25, 0.3) is 0 Å². The maximum atomic E-state index is 11.7. The summed E-state index contributed by atoms with van der Waals surface area (Å²) in [5.74, 6) is -1.25. The summed E-state index contributed by atoms with van der Waals surface area (Å²) in [6, 6.07) is -0.491. The number of carbonyl (C=O) groups excluding carboxylic acids is 1. The SMILES string of the molecule is CSC(C)CNC(=O)NC1CCCCC1C(=O)O. The zero-order chi connectivity index (χ0) is 13.5. The highest BCUT2D eigenvalue weighted by Crippen LogP contribution is 2.24. The minimum Gasteiger partial charge on any atom is -0.481 e. The lowest BCUT2D eigenvalue weighted by molar-refractivity contribution is -0.143. The molecule has 104 valence electrons. The van der Waals surface area contributed by atoms with Crippen LogP contribution in [0.5, 0.6) is 0 Å². The van der Waals surface area contributed by atoms with Gasteiger partial charge in [-0.25, -0.2) is 4.79 Å². The summed E-state index contributed by atoms with van der Waals surface area (Å²) >= 11 is 1.68. The maximum absolute atomic E-state index is 11.7. The Hall–Kier alpha value is -0.910. The van der Waals surface area contributed by atoms with E-state index < -0.39 is 11.9 Å². The fourth-order valence-corrected chi connectivity index (χ4v) is 2.39. The van der Waals surface area contributed by atoms with Gasteiger partial charge in [0.15, 0.2) is 0 Å². The Bertz CT molecular complexity index is 299. The molecule has 0 aromatic carbocycles. The van der Waals surface area contributed by atoms with Gasteiger partial charge in [0, 0.05) is 17.8 Å². The molecule has 0 aromatic rings. The van der Waals surface area contributed by atoms with Crippen molar-refractivity contribution in [1.82, 2.24) is 10.6 Å². The number of amides is 2. The Balaban J connectivity index is 2.39. The molecule has 18 heavy (non-hydrogen) atoms. The Morgan fingerprint density at radius 3 is 2.67 bits per heavy atom. The van der Waals surface area contributed by atoms with Gasteiger partial charge in [-0.05, 0) is 19.1 Å². The molecule has 0 aliphatic heterocycles. The first-order valence-electron chi connectivity index (χ1n) is 6.34. The molecular weight excluding hydrogens is 252 g/mol. The molecule has 3 N–H and O–H groups in total. The first kappa shape index (κ1) is 15.1. The van der Waals surface area contributed by atoms with Crippen LogP contribution in [0.4, 0.5) is 4.79 Å². The van der Waals surface area contributed by atoms with E-state index in [4.69, 9.17) is 5.11 Å². The van der Waals surface area contributed by atoms with Gasteiger partial charge in [-0.15, -0.1) is 0 Å². The lowest BCUT2D eigenvalue weighted by Crippen LogP contribution is -2.49. The highest BCUT2D eigenvalue weighted by Gasteiger charge is 2.31. The molecule has 0 saturated heterocycles. The van der Waals surface area contributed by atoms with Gasteiger partial charge in [-0.2, -0.15) is 11.8 Å². The number of carboxylic acid groups (broad SMARTS) is 1. The van der Waals surface area contributed by atoms with Crippen LogP contribution < -0.4 is 10.6 Å². The zero-order valence-electron chi connectivity index (χ0n) is 10.9. The summed E-state index contributed by atoms with van der Waals surface area (Å²) < 4.78 is 0. The minimum atomic E-state index is -0.808. The van der Waals surface area contributed by atoms with Crippen LogP contribution in [0.1, 0.15) is 32.6 Å². The molecule has 1 aliphatic rings. The molecule has 0 bridgehead atoms. The second-order valence-electron chi connectivity index (χ2n) is 4.74. The maximum Gasteiger partial charge on any atom is 0.315 e. The minimum absolute atomic E-state index is 0.235. The number of rotatable bonds is 5. The smallest absolute Gasteiger partial charge is 0.315 e. The van der Waals surface area contributed by atoms with E-state index in [9.17, 15) is 9.59 Å². The van der Waals surface area contributed by atoms with Gasteiger partial charge in [0.05, 0.1) is 5.92 Å². The second-order valence-corrected chi connectivity index (χ2v) is 6.01. The Kier molecular flexibility index (Phi) is 6.32. The van der Waals surface area contributed by atoms with Gasteiger partial charge >= 0.3 is 12.0 Å². The number of hydrogen-bond acceptors (Lipinski definition) is 3. The molecule has 1 aliphatic carbocycles. The summed E-state index contributed by atoms with van der Waals surface area (Å²) in [6.45, 7) is 2.63. The number of nitrogens with one attached hydrogen (secondary N) is 2. The molecule has 1 saturated carbocycles. The van der Waals surface area contributed by atoms with Crippen molar-refractivity contribution in [3.05, 3.63) is 0 Å². The van der Waals surface area contributed by atoms with E-state index in [1.807, 2.05) is 13.2 Å². The molecule has 1 fully saturated rings. The fourth-order valence-electron chi connectivity index (χ4n) is 2.14. The van der Waals surface area contributed by atoms with Crippen LogP contribution >= 0.6 is 11.8 Å². The Morgan fingerprint density at radius 2 is 2.06 bits per heavy atom. The molecule has 0 radical (unpaired) electrons. The summed E-state index contributed by atoms with van der Waals surface area (Å²) in [5, 5.41) is 15.0. The first-order valence-corrected chi connectivity index (χ1v) is 7.63. The van der Waals surface area contributed by atoms with E-state index in [1.165, 1.54) is 0 Å². The number of carboxylic acids is 1. The van der Waals surface area contributed by atoms with Gasteiger partial charge in [-0.3, -0.25) is 4.79 Å². The van der Waals surface area contributed by atoms with Gasteiger partial charge in [0.25, 0.3) is 0 Å². The third-order valence-electron chi connectivity index (χ3n) is 3.35. The third-order valence-corrected chi connectivity index (χ3v) is 4.32. The fraction of sp³-hybridized carbons (Fsp3) is 0.833. The topological polar surface area (TPSA) is 78.4 Å². The van der Waals surface area contributed by atoms with Crippen molar-refractivity contribution >= 4 is 23.8 Å². The first-order chi connectivity index (χ1) is 8.54. The molecule has 0 heterocycles. The lowest BCUT2D eigenvalue weighted by Gasteiger charge is -2.29. The average Bonchev–Trinajstić information content (AvgIpc) is 2.36. The van der Waals surface area contributed by atoms with Crippen molar-refractivity contribution in [3.63, 3.8) is 0 Å². The molecule has 3 unspecified atom stereocenters.